The second kappa shape index (κ2) is 5.30. The van der Waals surface area contributed by atoms with Crippen molar-refractivity contribution in [1.82, 2.24) is 10.2 Å². The molecule has 2 amide bonds. The Bertz CT molecular complexity index is 475. The molecule has 0 aliphatic carbocycles. The van der Waals surface area contributed by atoms with Gasteiger partial charge in [-0.25, -0.2) is 9.59 Å². The number of rotatable bonds is 3. The third-order valence-electron chi connectivity index (χ3n) is 3.63. The van der Waals surface area contributed by atoms with Gasteiger partial charge >= 0.3 is 12.0 Å². The Morgan fingerprint density at radius 1 is 1.37 bits per heavy atom. The normalized spacial score (nSPS) is 22.3. The van der Waals surface area contributed by atoms with Crippen molar-refractivity contribution in [1.29, 1.82) is 0 Å². The second-order valence-corrected chi connectivity index (χ2v) is 4.98. The van der Waals surface area contributed by atoms with Crippen molar-refractivity contribution in [2.45, 2.75) is 31.8 Å². The maximum atomic E-state index is 12.1. The summed E-state index contributed by atoms with van der Waals surface area (Å²) in [5.74, 6) is -0.945. The molecule has 1 aromatic rings. The van der Waals surface area contributed by atoms with Gasteiger partial charge in [0.15, 0.2) is 0 Å². The van der Waals surface area contributed by atoms with E-state index < -0.39 is 11.5 Å². The van der Waals surface area contributed by atoms with Crippen molar-refractivity contribution in [3.63, 3.8) is 0 Å². The molecule has 1 aliphatic rings. The molecule has 19 heavy (non-hydrogen) atoms. The Labute approximate surface area is 112 Å². The summed E-state index contributed by atoms with van der Waals surface area (Å²) in [6.45, 7) is 2.50. The minimum Gasteiger partial charge on any atom is -0.480 e. The number of carbonyl (C=O) groups is 2. The molecule has 1 saturated heterocycles. The van der Waals surface area contributed by atoms with Gasteiger partial charge in [-0.05, 0) is 25.3 Å². The van der Waals surface area contributed by atoms with Gasteiger partial charge in [0.05, 0.1) is 0 Å². The number of amides is 2. The molecule has 1 fully saturated rings. The summed E-state index contributed by atoms with van der Waals surface area (Å²) >= 11 is 0. The van der Waals surface area contributed by atoms with Crippen LogP contribution in [0.1, 0.15) is 25.3 Å². The van der Waals surface area contributed by atoms with E-state index in [1.807, 2.05) is 30.3 Å². The molecule has 1 aromatic carbocycles. The number of carboxylic acid groups (broad SMARTS) is 1. The molecule has 0 spiro atoms. The van der Waals surface area contributed by atoms with Crippen LogP contribution in [0.5, 0.6) is 0 Å². The van der Waals surface area contributed by atoms with Crippen molar-refractivity contribution >= 4 is 12.0 Å². The van der Waals surface area contributed by atoms with Gasteiger partial charge < -0.3 is 15.3 Å². The topological polar surface area (TPSA) is 69.6 Å². The number of hydrogen-bond acceptors (Lipinski definition) is 2. The molecule has 1 heterocycles. The third-order valence-corrected chi connectivity index (χ3v) is 3.63. The van der Waals surface area contributed by atoms with E-state index in [9.17, 15) is 14.7 Å². The van der Waals surface area contributed by atoms with E-state index in [0.29, 0.717) is 19.5 Å². The quantitative estimate of drug-likeness (QED) is 0.873. The van der Waals surface area contributed by atoms with Crippen molar-refractivity contribution in [3.05, 3.63) is 35.9 Å². The number of carbonyl (C=O) groups excluding carboxylic acids is 1. The first-order valence-electron chi connectivity index (χ1n) is 6.37. The van der Waals surface area contributed by atoms with Gasteiger partial charge in [-0.15, -0.1) is 0 Å². The van der Waals surface area contributed by atoms with E-state index in [0.717, 1.165) is 12.0 Å². The van der Waals surface area contributed by atoms with Gasteiger partial charge in [-0.1, -0.05) is 30.3 Å². The van der Waals surface area contributed by atoms with Crippen LogP contribution in [0.4, 0.5) is 4.79 Å². The van der Waals surface area contributed by atoms with E-state index in [1.165, 1.54) is 4.90 Å². The Morgan fingerprint density at radius 2 is 2.05 bits per heavy atom. The van der Waals surface area contributed by atoms with Crippen LogP contribution < -0.4 is 5.32 Å². The number of aliphatic carboxylic acids is 1. The molecule has 0 saturated carbocycles. The van der Waals surface area contributed by atoms with E-state index in [-0.39, 0.29) is 6.03 Å². The minimum absolute atomic E-state index is 0.314. The van der Waals surface area contributed by atoms with Crippen LogP contribution in [-0.4, -0.2) is 34.1 Å². The van der Waals surface area contributed by atoms with E-state index in [4.69, 9.17) is 0 Å². The van der Waals surface area contributed by atoms with Crippen LogP contribution in [0.3, 0.4) is 0 Å². The maximum Gasteiger partial charge on any atom is 0.329 e. The number of likely N-dealkylation sites (tertiary alicyclic amines) is 1. The highest BCUT2D eigenvalue weighted by molar-refractivity contribution is 5.86. The molecule has 5 heteroatoms. The molecule has 102 valence electrons. The first kappa shape index (κ1) is 13.4. The monoisotopic (exact) mass is 262 g/mol. The van der Waals surface area contributed by atoms with Crippen molar-refractivity contribution in [2.24, 2.45) is 0 Å². The lowest BCUT2D eigenvalue weighted by Crippen LogP contribution is -2.53. The lowest BCUT2D eigenvalue weighted by atomic mass is 10.00. The average Bonchev–Trinajstić information content (AvgIpc) is 2.81. The van der Waals surface area contributed by atoms with Gasteiger partial charge in [0.2, 0.25) is 0 Å². The molecule has 5 nitrogen and oxygen atoms in total. The number of benzene rings is 1. The average molecular weight is 262 g/mol. The summed E-state index contributed by atoms with van der Waals surface area (Å²) in [5, 5.41) is 12.0. The fourth-order valence-electron chi connectivity index (χ4n) is 2.38. The van der Waals surface area contributed by atoms with E-state index >= 15 is 0 Å². The van der Waals surface area contributed by atoms with Crippen LogP contribution in [0, 0.1) is 0 Å². The fourth-order valence-corrected chi connectivity index (χ4v) is 2.38. The van der Waals surface area contributed by atoms with Crippen molar-refractivity contribution < 1.29 is 14.7 Å². The summed E-state index contributed by atoms with van der Waals surface area (Å²) < 4.78 is 0. The molecule has 1 atom stereocenters. The maximum absolute atomic E-state index is 12.1. The Hall–Kier alpha value is -2.04. The minimum atomic E-state index is -1.08. The SMILES string of the molecule is CC1(C(=O)O)CCCN1C(=O)NCc1ccccc1. The van der Waals surface area contributed by atoms with Gasteiger partial charge in [0, 0.05) is 13.1 Å². The predicted molar refractivity (Wildman–Crippen MR) is 70.7 cm³/mol. The number of carboxylic acids is 1. The predicted octanol–water partition coefficient (Wildman–Crippen LogP) is 1.84. The Kier molecular flexibility index (Phi) is 3.74. The smallest absolute Gasteiger partial charge is 0.329 e. The lowest BCUT2D eigenvalue weighted by molar-refractivity contribution is -0.147. The highest BCUT2D eigenvalue weighted by Gasteiger charge is 2.45. The second-order valence-electron chi connectivity index (χ2n) is 4.98. The molecule has 2 rings (SSSR count). The molecular formula is C14H18N2O3. The summed E-state index contributed by atoms with van der Waals surface area (Å²) in [6.07, 6.45) is 1.22. The zero-order valence-electron chi connectivity index (χ0n) is 10.9. The molecule has 1 aliphatic heterocycles. The number of nitrogens with one attached hydrogen (secondary N) is 1. The Morgan fingerprint density at radius 3 is 2.68 bits per heavy atom. The molecule has 2 N–H and O–H groups in total. The summed E-state index contributed by atoms with van der Waals surface area (Å²) in [5.41, 5.74) is -0.0899. The van der Waals surface area contributed by atoms with Crippen LogP contribution in [0.2, 0.25) is 0 Å². The summed E-state index contributed by atoms with van der Waals surface area (Å²) in [4.78, 5) is 24.8. The van der Waals surface area contributed by atoms with Crippen molar-refractivity contribution in [2.75, 3.05) is 6.54 Å². The van der Waals surface area contributed by atoms with Gasteiger partial charge in [-0.3, -0.25) is 0 Å². The largest absolute Gasteiger partial charge is 0.480 e. The first-order valence-corrected chi connectivity index (χ1v) is 6.37. The molecule has 0 bridgehead atoms. The third kappa shape index (κ3) is 2.70. The van der Waals surface area contributed by atoms with Gasteiger partial charge in [0.1, 0.15) is 5.54 Å². The molecule has 0 aromatic heterocycles. The summed E-state index contributed by atoms with van der Waals surface area (Å²) in [7, 11) is 0. The zero-order valence-corrected chi connectivity index (χ0v) is 10.9. The van der Waals surface area contributed by atoms with Gasteiger partial charge in [-0.2, -0.15) is 0 Å². The highest BCUT2D eigenvalue weighted by atomic mass is 16.4. The van der Waals surface area contributed by atoms with Crippen LogP contribution in [0.15, 0.2) is 30.3 Å². The van der Waals surface area contributed by atoms with Crippen molar-refractivity contribution in [3.8, 4) is 0 Å². The summed E-state index contributed by atoms with van der Waals surface area (Å²) in [6, 6.07) is 9.23. The van der Waals surface area contributed by atoms with Gasteiger partial charge in [0.25, 0.3) is 0 Å². The molecule has 0 radical (unpaired) electrons. The van der Waals surface area contributed by atoms with E-state index in [2.05, 4.69) is 5.32 Å². The number of hydrogen-bond donors (Lipinski definition) is 2. The number of nitrogens with zero attached hydrogens (tertiary/aromatic N) is 1. The molecule has 1 unspecified atom stereocenters. The van der Waals surface area contributed by atoms with Crippen LogP contribution in [-0.2, 0) is 11.3 Å². The molecular weight excluding hydrogens is 244 g/mol. The Balaban J connectivity index is 1.98. The first-order chi connectivity index (χ1) is 9.04. The zero-order chi connectivity index (χ0) is 13.9. The fraction of sp³-hybridized carbons (Fsp3) is 0.429. The number of urea groups is 1. The standard InChI is InChI=1S/C14H18N2O3/c1-14(12(17)18)8-5-9-16(14)13(19)15-10-11-6-3-2-4-7-11/h2-4,6-7H,5,8-10H2,1H3,(H,15,19)(H,17,18). The van der Waals surface area contributed by atoms with E-state index in [1.54, 1.807) is 6.92 Å². The van der Waals surface area contributed by atoms with Crippen LogP contribution >= 0.6 is 0 Å². The lowest BCUT2D eigenvalue weighted by Gasteiger charge is -2.31. The highest BCUT2D eigenvalue weighted by Crippen LogP contribution is 2.29. The van der Waals surface area contributed by atoms with Crippen LogP contribution in [0.25, 0.3) is 0 Å².